The third-order valence-electron chi connectivity index (χ3n) is 3.33. The molecule has 0 amide bonds. The summed E-state index contributed by atoms with van der Waals surface area (Å²) >= 11 is 5.88. The van der Waals surface area contributed by atoms with Gasteiger partial charge in [0.25, 0.3) is 0 Å². The summed E-state index contributed by atoms with van der Waals surface area (Å²) in [6, 6.07) is 11.3. The molecule has 1 unspecified atom stereocenters. The van der Waals surface area contributed by atoms with E-state index in [9.17, 15) is 4.39 Å². The van der Waals surface area contributed by atoms with Gasteiger partial charge in [-0.3, -0.25) is 0 Å². The van der Waals surface area contributed by atoms with Gasteiger partial charge < -0.3 is 5.32 Å². The van der Waals surface area contributed by atoms with E-state index in [1.807, 2.05) is 25.1 Å². The first-order valence-electron chi connectivity index (χ1n) is 6.97. The van der Waals surface area contributed by atoms with Gasteiger partial charge in [0, 0.05) is 13.6 Å². The first-order valence-corrected chi connectivity index (χ1v) is 8.84. The van der Waals surface area contributed by atoms with Gasteiger partial charge in [-0.2, -0.15) is 0 Å². The standard InChI is InChI=1S/C17H18BrFIN/c1-3-8-21-17(13-10-12(20)5-6-15(13)18)14-9-11(2)4-7-16(14)19/h4-7,9-10,17,21H,3,8H2,1-2H3. The maximum absolute atomic E-state index is 14.3. The Morgan fingerprint density at radius 3 is 2.67 bits per heavy atom. The highest BCUT2D eigenvalue weighted by Crippen LogP contribution is 2.31. The quantitative estimate of drug-likeness (QED) is 0.572. The van der Waals surface area contributed by atoms with Gasteiger partial charge in [-0.1, -0.05) is 40.5 Å². The Morgan fingerprint density at radius 1 is 1.19 bits per heavy atom. The lowest BCUT2D eigenvalue weighted by Crippen LogP contribution is -2.24. The van der Waals surface area contributed by atoms with Crippen molar-refractivity contribution in [3.8, 4) is 0 Å². The van der Waals surface area contributed by atoms with Crippen LogP contribution in [0.15, 0.2) is 40.9 Å². The van der Waals surface area contributed by atoms with E-state index in [-0.39, 0.29) is 11.9 Å². The van der Waals surface area contributed by atoms with Crippen LogP contribution in [0.3, 0.4) is 0 Å². The van der Waals surface area contributed by atoms with Crippen LogP contribution >= 0.6 is 38.5 Å². The second-order valence-corrected chi connectivity index (χ2v) is 7.18. The minimum Gasteiger partial charge on any atom is -0.306 e. The second-order valence-electron chi connectivity index (χ2n) is 5.08. The summed E-state index contributed by atoms with van der Waals surface area (Å²) in [5.41, 5.74) is 2.84. The minimum absolute atomic E-state index is 0.144. The third kappa shape index (κ3) is 4.27. The van der Waals surface area contributed by atoms with Crippen molar-refractivity contribution in [2.24, 2.45) is 0 Å². The van der Waals surface area contributed by atoms with E-state index in [0.717, 1.165) is 32.1 Å². The number of nitrogens with one attached hydrogen (secondary N) is 1. The van der Waals surface area contributed by atoms with E-state index in [1.54, 1.807) is 12.1 Å². The Morgan fingerprint density at radius 2 is 1.95 bits per heavy atom. The largest absolute Gasteiger partial charge is 0.306 e. The molecule has 0 spiro atoms. The molecule has 2 aromatic carbocycles. The topological polar surface area (TPSA) is 12.0 Å². The molecule has 1 N–H and O–H groups in total. The second kappa shape index (κ2) is 7.70. The summed E-state index contributed by atoms with van der Waals surface area (Å²) in [5.74, 6) is -0.167. The molecule has 0 aromatic heterocycles. The molecule has 0 aliphatic rings. The summed E-state index contributed by atoms with van der Waals surface area (Å²) in [4.78, 5) is 0. The van der Waals surface area contributed by atoms with E-state index < -0.39 is 0 Å². The van der Waals surface area contributed by atoms with Gasteiger partial charge in [-0.05, 0) is 72.3 Å². The minimum atomic E-state index is -0.167. The van der Waals surface area contributed by atoms with E-state index in [4.69, 9.17) is 0 Å². The van der Waals surface area contributed by atoms with Crippen LogP contribution in [0, 0.1) is 16.3 Å². The average molecular weight is 462 g/mol. The lowest BCUT2D eigenvalue weighted by molar-refractivity contribution is 0.545. The molecule has 0 saturated heterocycles. The van der Waals surface area contributed by atoms with Crippen LogP contribution in [0.5, 0.6) is 0 Å². The molecule has 4 heteroatoms. The SMILES string of the molecule is CCCNC(c1cc(C)ccc1F)c1cc(I)ccc1Br. The molecule has 0 bridgehead atoms. The zero-order chi connectivity index (χ0) is 15.4. The predicted octanol–water partition coefficient (Wildman–Crippen LogP) is 5.59. The highest BCUT2D eigenvalue weighted by molar-refractivity contribution is 14.1. The molecule has 2 rings (SSSR count). The van der Waals surface area contributed by atoms with Crippen molar-refractivity contribution >= 4 is 38.5 Å². The van der Waals surface area contributed by atoms with Crippen LogP contribution < -0.4 is 5.32 Å². The predicted molar refractivity (Wildman–Crippen MR) is 98.1 cm³/mol. The van der Waals surface area contributed by atoms with Crippen LogP contribution in [-0.4, -0.2) is 6.54 Å². The first kappa shape index (κ1) is 16.9. The normalized spacial score (nSPS) is 12.4. The van der Waals surface area contributed by atoms with Crippen LogP contribution in [0.2, 0.25) is 0 Å². The van der Waals surface area contributed by atoms with Gasteiger partial charge >= 0.3 is 0 Å². The summed E-state index contributed by atoms with van der Waals surface area (Å²) < 4.78 is 16.4. The van der Waals surface area contributed by atoms with Gasteiger partial charge in [0.2, 0.25) is 0 Å². The Balaban J connectivity index is 2.52. The van der Waals surface area contributed by atoms with Gasteiger partial charge in [0.1, 0.15) is 5.82 Å². The molecule has 0 aliphatic heterocycles. The number of hydrogen-bond donors (Lipinski definition) is 1. The van der Waals surface area contributed by atoms with Gasteiger partial charge in [0.15, 0.2) is 0 Å². The highest BCUT2D eigenvalue weighted by atomic mass is 127. The summed E-state index contributed by atoms with van der Waals surface area (Å²) in [6.07, 6.45) is 1.01. The zero-order valence-electron chi connectivity index (χ0n) is 12.1. The fourth-order valence-corrected chi connectivity index (χ4v) is 3.29. The summed E-state index contributed by atoms with van der Waals surface area (Å²) in [5, 5.41) is 3.46. The number of hydrogen-bond acceptors (Lipinski definition) is 1. The molecule has 1 atom stereocenters. The molecular formula is C17H18BrFIN. The van der Waals surface area contributed by atoms with Crippen molar-refractivity contribution in [1.82, 2.24) is 5.32 Å². The van der Waals surface area contributed by atoms with Gasteiger partial charge in [-0.15, -0.1) is 0 Å². The monoisotopic (exact) mass is 461 g/mol. The highest BCUT2D eigenvalue weighted by Gasteiger charge is 2.20. The molecule has 21 heavy (non-hydrogen) atoms. The first-order chi connectivity index (χ1) is 10.0. The Bertz CT molecular complexity index is 579. The van der Waals surface area contributed by atoms with Crippen LogP contribution in [-0.2, 0) is 0 Å². The third-order valence-corrected chi connectivity index (χ3v) is 4.72. The van der Waals surface area contributed by atoms with Crippen molar-refractivity contribution in [3.63, 3.8) is 0 Å². The van der Waals surface area contributed by atoms with E-state index >= 15 is 0 Å². The molecule has 2 aromatic rings. The summed E-state index contributed by atoms with van der Waals surface area (Å²) in [6.45, 7) is 4.94. The van der Waals surface area contributed by atoms with E-state index in [0.29, 0.717) is 5.56 Å². The molecule has 1 nitrogen and oxygen atoms in total. The summed E-state index contributed by atoms with van der Waals surface area (Å²) in [7, 11) is 0. The maximum Gasteiger partial charge on any atom is 0.128 e. The molecule has 0 aliphatic carbocycles. The molecule has 0 radical (unpaired) electrons. The van der Waals surface area contributed by atoms with Crippen molar-refractivity contribution < 1.29 is 4.39 Å². The van der Waals surface area contributed by atoms with Gasteiger partial charge in [0.05, 0.1) is 6.04 Å². The zero-order valence-corrected chi connectivity index (χ0v) is 15.8. The van der Waals surface area contributed by atoms with Crippen LogP contribution in [0.25, 0.3) is 0 Å². The fourth-order valence-electron chi connectivity index (χ4n) is 2.30. The molecule has 0 heterocycles. The molecule has 0 saturated carbocycles. The number of aryl methyl sites for hydroxylation is 1. The number of benzene rings is 2. The van der Waals surface area contributed by atoms with Crippen molar-refractivity contribution in [3.05, 3.63) is 66.9 Å². The Kier molecular flexibility index (Phi) is 6.20. The molecule has 112 valence electrons. The molecule has 0 fully saturated rings. The number of rotatable bonds is 5. The van der Waals surface area contributed by atoms with E-state index in [2.05, 4.69) is 56.8 Å². The molecular weight excluding hydrogens is 444 g/mol. The van der Waals surface area contributed by atoms with Crippen molar-refractivity contribution in [1.29, 1.82) is 0 Å². The maximum atomic E-state index is 14.3. The smallest absolute Gasteiger partial charge is 0.128 e. The Labute approximate surface area is 147 Å². The fraction of sp³-hybridized carbons (Fsp3) is 0.294. The van der Waals surface area contributed by atoms with Crippen LogP contribution in [0.4, 0.5) is 4.39 Å². The van der Waals surface area contributed by atoms with Crippen molar-refractivity contribution in [2.75, 3.05) is 6.54 Å². The lowest BCUT2D eigenvalue weighted by atomic mass is 9.96. The van der Waals surface area contributed by atoms with Gasteiger partial charge in [-0.25, -0.2) is 4.39 Å². The lowest BCUT2D eigenvalue weighted by Gasteiger charge is -2.22. The number of halogens is 3. The Hall–Kier alpha value is -0.460. The van der Waals surface area contributed by atoms with Crippen molar-refractivity contribution in [2.45, 2.75) is 26.3 Å². The van der Waals surface area contributed by atoms with Crippen LogP contribution in [0.1, 0.15) is 36.1 Å². The average Bonchev–Trinajstić information content (AvgIpc) is 2.46. The van der Waals surface area contributed by atoms with E-state index in [1.165, 1.54) is 0 Å².